The molecular weight excluding hydrogens is 156 g/mol. The monoisotopic (exact) mass is 170 g/mol. The SMILES string of the molecule is CNCC[C@H](N)c1cccs1. The summed E-state index contributed by atoms with van der Waals surface area (Å²) in [5.41, 5.74) is 5.90. The molecule has 0 bridgehead atoms. The minimum atomic E-state index is 0.211. The molecule has 0 saturated carbocycles. The lowest BCUT2D eigenvalue weighted by atomic mass is 10.2. The molecule has 0 aliphatic rings. The number of nitrogens with two attached hydrogens (primary N) is 1. The molecular formula is C8H14N2S. The van der Waals surface area contributed by atoms with Gasteiger partial charge in [0.1, 0.15) is 0 Å². The van der Waals surface area contributed by atoms with E-state index in [9.17, 15) is 0 Å². The van der Waals surface area contributed by atoms with Crippen LogP contribution in [0.4, 0.5) is 0 Å². The van der Waals surface area contributed by atoms with Crippen LogP contribution >= 0.6 is 11.3 Å². The van der Waals surface area contributed by atoms with Gasteiger partial charge in [-0.1, -0.05) is 6.07 Å². The first-order valence-corrected chi connectivity index (χ1v) is 4.66. The average Bonchev–Trinajstić information content (AvgIpc) is 2.52. The van der Waals surface area contributed by atoms with Crippen molar-refractivity contribution in [3.63, 3.8) is 0 Å². The summed E-state index contributed by atoms with van der Waals surface area (Å²) < 4.78 is 0. The summed E-state index contributed by atoms with van der Waals surface area (Å²) in [5.74, 6) is 0. The molecule has 0 amide bonds. The Labute approximate surface area is 71.4 Å². The van der Waals surface area contributed by atoms with E-state index in [0.29, 0.717) is 0 Å². The second-order valence-corrected chi connectivity index (χ2v) is 3.49. The zero-order valence-corrected chi connectivity index (χ0v) is 7.53. The van der Waals surface area contributed by atoms with Crippen molar-refractivity contribution in [2.75, 3.05) is 13.6 Å². The van der Waals surface area contributed by atoms with Crippen molar-refractivity contribution in [1.29, 1.82) is 0 Å². The lowest BCUT2D eigenvalue weighted by Gasteiger charge is -2.07. The Morgan fingerprint density at radius 1 is 1.73 bits per heavy atom. The molecule has 0 aliphatic heterocycles. The zero-order valence-electron chi connectivity index (χ0n) is 6.71. The predicted molar refractivity (Wildman–Crippen MR) is 49.8 cm³/mol. The summed E-state index contributed by atoms with van der Waals surface area (Å²) in [7, 11) is 1.95. The maximum atomic E-state index is 5.90. The molecule has 1 aromatic rings. The first kappa shape index (κ1) is 8.71. The summed E-state index contributed by atoms with van der Waals surface area (Å²) in [6.07, 6.45) is 1.01. The molecule has 0 unspecified atom stereocenters. The van der Waals surface area contributed by atoms with Crippen molar-refractivity contribution in [3.05, 3.63) is 22.4 Å². The van der Waals surface area contributed by atoms with E-state index in [-0.39, 0.29) is 6.04 Å². The smallest absolute Gasteiger partial charge is 0.0401 e. The standard InChI is InChI=1S/C8H14N2S/c1-10-5-4-7(9)8-3-2-6-11-8/h2-3,6-7,10H,4-5,9H2,1H3/t7-/m0/s1. The lowest BCUT2D eigenvalue weighted by Crippen LogP contribution is -2.16. The van der Waals surface area contributed by atoms with Gasteiger partial charge in [-0.2, -0.15) is 0 Å². The third-order valence-corrected chi connectivity index (χ3v) is 2.62. The van der Waals surface area contributed by atoms with E-state index in [0.717, 1.165) is 13.0 Å². The van der Waals surface area contributed by atoms with Crippen LogP contribution in [0.2, 0.25) is 0 Å². The van der Waals surface area contributed by atoms with E-state index in [1.54, 1.807) is 11.3 Å². The first-order valence-electron chi connectivity index (χ1n) is 3.78. The zero-order chi connectivity index (χ0) is 8.10. The summed E-state index contributed by atoms with van der Waals surface area (Å²) in [6.45, 7) is 0.985. The van der Waals surface area contributed by atoms with Crippen LogP contribution in [0.1, 0.15) is 17.3 Å². The molecule has 3 N–H and O–H groups in total. The van der Waals surface area contributed by atoms with Crippen LogP contribution in [-0.2, 0) is 0 Å². The van der Waals surface area contributed by atoms with Gasteiger partial charge in [-0.25, -0.2) is 0 Å². The fourth-order valence-corrected chi connectivity index (χ4v) is 1.71. The largest absolute Gasteiger partial charge is 0.323 e. The molecule has 0 aliphatic carbocycles. The van der Waals surface area contributed by atoms with Gasteiger partial charge < -0.3 is 11.1 Å². The van der Waals surface area contributed by atoms with Crippen LogP contribution in [0.15, 0.2) is 17.5 Å². The fourth-order valence-electron chi connectivity index (χ4n) is 0.944. The van der Waals surface area contributed by atoms with Gasteiger partial charge in [0.15, 0.2) is 0 Å². The fraction of sp³-hybridized carbons (Fsp3) is 0.500. The minimum Gasteiger partial charge on any atom is -0.323 e. The molecule has 62 valence electrons. The summed E-state index contributed by atoms with van der Waals surface area (Å²) >= 11 is 1.73. The Balaban J connectivity index is 2.36. The molecule has 0 radical (unpaired) electrons. The highest BCUT2D eigenvalue weighted by Crippen LogP contribution is 2.18. The third-order valence-electron chi connectivity index (χ3n) is 1.61. The number of hydrogen-bond donors (Lipinski definition) is 2. The van der Waals surface area contributed by atoms with Crippen molar-refractivity contribution < 1.29 is 0 Å². The quantitative estimate of drug-likeness (QED) is 0.716. The van der Waals surface area contributed by atoms with E-state index in [1.807, 2.05) is 13.1 Å². The molecule has 1 rings (SSSR count). The average molecular weight is 170 g/mol. The topological polar surface area (TPSA) is 38.0 Å². The van der Waals surface area contributed by atoms with Crippen LogP contribution in [0.25, 0.3) is 0 Å². The molecule has 1 atom stereocenters. The van der Waals surface area contributed by atoms with Gasteiger partial charge in [0.2, 0.25) is 0 Å². The van der Waals surface area contributed by atoms with Crippen molar-refractivity contribution in [3.8, 4) is 0 Å². The van der Waals surface area contributed by atoms with Crippen molar-refractivity contribution in [2.24, 2.45) is 5.73 Å². The molecule has 11 heavy (non-hydrogen) atoms. The number of hydrogen-bond acceptors (Lipinski definition) is 3. The Bertz CT molecular complexity index is 184. The number of thiophene rings is 1. The van der Waals surface area contributed by atoms with Crippen LogP contribution in [0.3, 0.4) is 0 Å². The Kier molecular flexibility index (Phi) is 3.56. The minimum absolute atomic E-state index is 0.211. The van der Waals surface area contributed by atoms with Crippen molar-refractivity contribution >= 4 is 11.3 Å². The molecule has 0 aromatic carbocycles. The van der Waals surface area contributed by atoms with E-state index in [4.69, 9.17) is 5.73 Å². The van der Waals surface area contributed by atoms with Crippen molar-refractivity contribution in [2.45, 2.75) is 12.5 Å². The van der Waals surface area contributed by atoms with Gasteiger partial charge in [0.05, 0.1) is 0 Å². The summed E-state index contributed by atoms with van der Waals surface area (Å²) in [5, 5.41) is 5.15. The molecule has 3 heteroatoms. The second kappa shape index (κ2) is 4.49. The molecule has 1 aromatic heterocycles. The highest BCUT2D eigenvalue weighted by molar-refractivity contribution is 7.10. The summed E-state index contributed by atoms with van der Waals surface area (Å²) in [4.78, 5) is 1.28. The van der Waals surface area contributed by atoms with Crippen LogP contribution in [-0.4, -0.2) is 13.6 Å². The van der Waals surface area contributed by atoms with E-state index in [2.05, 4.69) is 16.8 Å². The summed E-state index contributed by atoms with van der Waals surface area (Å²) in [6, 6.07) is 4.34. The van der Waals surface area contributed by atoms with Crippen molar-refractivity contribution in [1.82, 2.24) is 5.32 Å². The molecule has 0 spiro atoms. The van der Waals surface area contributed by atoms with Crippen LogP contribution < -0.4 is 11.1 Å². The highest BCUT2D eigenvalue weighted by atomic mass is 32.1. The lowest BCUT2D eigenvalue weighted by molar-refractivity contribution is 0.623. The van der Waals surface area contributed by atoms with E-state index < -0.39 is 0 Å². The van der Waals surface area contributed by atoms with Crippen LogP contribution in [0, 0.1) is 0 Å². The predicted octanol–water partition coefficient (Wildman–Crippen LogP) is 1.36. The molecule has 0 fully saturated rings. The van der Waals surface area contributed by atoms with Gasteiger partial charge in [-0.3, -0.25) is 0 Å². The molecule has 2 nitrogen and oxygen atoms in total. The third kappa shape index (κ3) is 2.61. The molecule has 0 saturated heterocycles. The highest BCUT2D eigenvalue weighted by Gasteiger charge is 2.04. The Hall–Kier alpha value is -0.380. The van der Waals surface area contributed by atoms with E-state index in [1.165, 1.54) is 4.88 Å². The second-order valence-electron chi connectivity index (χ2n) is 2.51. The molecule has 1 heterocycles. The Morgan fingerprint density at radius 2 is 2.55 bits per heavy atom. The van der Waals surface area contributed by atoms with Crippen LogP contribution in [0.5, 0.6) is 0 Å². The van der Waals surface area contributed by atoms with Gasteiger partial charge in [-0.05, 0) is 31.5 Å². The number of nitrogens with one attached hydrogen (secondary N) is 1. The van der Waals surface area contributed by atoms with E-state index >= 15 is 0 Å². The van der Waals surface area contributed by atoms with Gasteiger partial charge in [0, 0.05) is 10.9 Å². The van der Waals surface area contributed by atoms with Gasteiger partial charge >= 0.3 is 0 Å². The van der Waals surface area contributed by atoms with Gasteiger partial charge in [-0.15, -0.1) is 11.3 Å². The first-order chi connectivity index (χ1) is 5.34. The maximum Gasteiger partial charge on any atom is 0.0401 e. The van der Waals surface area contributed by atoms with Gasteiger partial charge in [0.25, 0.3) is 0 Å². The number of rotatable bonds is 4. The maximum absolute atomic E-state index is 5.90. The normalized spacial score (nSPS) is 13.3. The Morgan fingerprint density at radius 3 is 3.09 bits per heavy atom.